The molecule has 3 rings (SSSR count). The van der Waals surface area contributed by atoms with E-state index in [-0.39, 0.29) is 11.0 Å². The van der Waals surface area contributed by atoms with Gasteiger partial charge in [0, 0.05) is 28.6 Å². The van der Waals surface area contributed by atoms with Crippen molar-refractivity contribution in [2.24, 2.45) is 0 Å². The third kappa shape index (κ3) is 2.70. The van der Waals surface area contributed by atoms with Gasteiger partial charge in [0.05, 0.1) is 11.2 Å². The zero-order valence-corrected chi connectivity index (χ0v) is 12.3. The highest BCUT2D eigenvalue weighted by Gasteiger charge is 2.17. The molecule has 0 saturated carbocycles. The molecule has 106 valence electrons. The van der Waals surface area contributed by atoms with E-state index >= 15 is 0 Å². The van der Waals surface area contributed by atoms with Crippen molar-refractivity contribution in [3.8, 4) is 11.4 Å². The number of nitrogens with one attached hydrogen (secondary N) is 1. The Bertz CT molecular complexity index is 860. The maximum Gasteiger partial charge on any atom is 0.251 e. The molecule has 0 aliphatic heterocycles. The monoisotopic (exact) mass is 279 g/mol. The van der Waals surface area contributed by atoms with Crippen LogP contribution in [0.5, 0.6) is 0 Å². The molecule has 1 aromatic carbocycles. The van der Waals surface area contributed by atoms with Gasteiger partial charge in [-0.15, -0.1) is 0 Å². The van der Waals surface area contributed by atoms with Gasteiger partial charge in [0.25, 0.3) is 5.56 Å². The molecule has 0 bridgehead atoms. The van der Waals surface area contributed by atoms with Crippen LogP contribution in [-0.2, 0) is 5.41 Å². The lowest BCUT2D eigenvalue weighted by molar-refractivity contribution is 0.566. The maximum atomic E-state index is 11.9. The Morgan fingerprint density at radius 2 is 1.90 bits per heavy atom. The molecular formula is C17H17N3O. The summed E-state index contributed by atoms with van der Waals surface area (Å²) in [5.41, 5.74) is 2.31. The summed E-state index contributed by atoms with van der Waals surface area (Å²) in [6, 6.07) is 11.3. The summed E-state index contributed by atoms with van der Waals surface area (Å²) < 4.78 is 0. The van der Waals surface area contributed by atoms with Crippen molar-refractivity contribution in [1.29, 1.82) is 0 Å². The molecule has 4 nitrogen and oxygen atoms in total. The predicted octanol–water partition coefficient (Wildman–Crippen LogP) is 3.28. The Hall–Kier alpha value is -2.49. The fourth-order valence-corrected chi connectivity index (χ4v) is 2.20. The highest BCUT2D eigenvalue weighted by atomic mass is 16.1. The Kier molecular flexibility index (Phi) is 3.09. The lowest BCUT2D eigenvalue weighted by atomic mass is 9.92. The van der Waals surface area contributed by atoms with E-state index in [9.17, 15) is 4.79 Å². The molecule has 0 unspecified atom stereocenters. The van der Waals surface area contributed by atoms with Crippen LogP contribution in [0.2, 0.25) is 0 Å². The molecule has 0 amide bonds. The van der Waals surface area contributed by atoms with Crippen LogP contribution < -0.4 is 5.56 Å². The highest BCUT2D eigenvalue weighted by Crippen LogP contribution is 2.23. The fraction of sp³-hybridized carbons (Fsp3) is 0.235. The van der Waals surface area contributed by atoms with E-state index in [0.717, 1.165) is 22.2 Å². The average Bonchev–Trinajstić information content (AvgIpc) is 2.45. The van der Waals surface area contributed by atoms with Gasteiger partial charge in [-0.3, -0.25) is 9.78 Å². The second-order valence-corrected chi connectivity index (χ2v) is 6.14. The zero-order chi connectivity index (χ0) is 15.0. The molecule has 1 N–H and O–H groups in total. The third-order valence-electron chi connectivity index (χ3n) is 3.39. The van der Waals surface area contributed by atoms with Crippen LogP contribution in [0.15, 0.2) is 47.4 Å². The number of pyridine rings is 1. The van der Waals surface area contributed by atoms with Gasteiger partial charge in [-0.2, -0.15) is 0 Å². The average molecular weight is 279 g/mol. The summed E-state index contributed by atoms with van der Waals surface area (Å²) >= 11 is 0. The molecule has 0 aliphatic carbocycles. The number of hydrogen-bond donors (Lipinski definition) is 1. The molecule has 0 saturated heterocycles. The van der Waals surface area contributed by atoms with Gasteiger partial charge in [-0.05, 0) is 24.3 Å². The molecule has 0 radical (unpaired) electrons. The second-order valence-electron chi connectivity index (χ2n) is 6.14. The van der Waals surface area contributed by atoms with Crippen LogP contribution in [0.1, 0.15) is 26.5 Å². The van der Waals surface area contributed by atoms with Gasteiger partial charge in [-0.25, -0.2) is 4.98 Å². The van der Waals surface area contributed by atoms with E-state index in [1.54, 1.807) is 12.3 Å². The van der Waals surface area contributed by atoms with Gasteiger partial charge in [0.2, 0.25) is 0 Å². The van der Waals surface area contributed by atoms with E-state index in [1.807, 2.05) is 51.1 Å². The Morgan fingerprint density at radius 1 is 1.10 bits per heavy atom. The largest absolute Gasteiger partial charge is 0.307 e. The summed E-state index contributed by atoms with van der Waals surface area (Å²) in [5.74, 6) is 0.596. The summed E-state index contributed by atoms with van der Waals surface area (Å²) in [4.78, 5) is 23.6. The first-order chi connectivity index (χ1) is 9.93. The predicted molar refractivity (Wildman–Crippen MR) is 84.3 cm³/mol. The minimum Gasteiger partial charge on any atom is -0.307 e. The number of fused-ring (bicyclic) bond motifs is 1. The number of aromatic nitrogens is 3. The van der Waals surface area contributed by atoms with E-state index < -0.39 is 0 Å². The zero-order valence-electron chi connectivity index (χ0n) is 12.3. The fourth-order valence-electron chi connectivity index (χ4n) is 2.20. The van der Waals surface area contributed by atoms with Gasteiger partial charge in [0.1, 0.15) is 5.82 Å². The van der Waals surface area contributed by atoms with Crippen LogP contribution in [-0.4, -0.2) is 15.0 Å². The first-order valence-corrected chi connectivity index (χ1v) is 6.90. The first-order valence-electron chi connectivity index (χ1n) is 6.90. The topological polar surface area (TPSA) is 58.6 Å². The Morgan fingerprint density at radius 3 is 2.67 bits per heavy atom. The van der Waals surface area contributed by atoms with Crippen molar-refractivity contribution >= 4 is 10.9 Å². The molecule has 21 heavy (non-hydrogen) atoms. The Balaban J connectivity index is 2.18. The summed E-state index contributed by atoms with van der Waals surface area (Å²) in [5, 5.41) is 1.03. The molecule has 0 atom stereocenters. The lowest BCUT2D eigenvalue weighted by Crippen LogP contribution is -2.19. The molecule has 3 aromatic rings. The molecule has 0 aliphatic rings. The van der Waals surface area contributed by atoms with Gasteiger partial charge in [0.15, 0.2) is 0 Å². The standard InChI is InChI=1S/C17H17N3O/c1-17(2,3)14-10-15(21)20-16(19-14)12-6-7-13-11(9-12)5-4-8-18-13/h4-10H,1-3H3,(H,19,20,21). The van der Waals surface area contributed by atoms with Crippen LogP contribution in [0.3, 0.4) is 0 Å². The van der Waals surface area contributed by atoms with Crippen LogP contribution in [0, 0.1) is 0 Å². The summed E-state index contributed by atoms with van der Waals surface area (Å²) in [6.07, 6.45) is 1.77. The lowest BCUT2D eigenvalue weighted by Gasteiger charge is -2.17. The minimum absolute atomic E-state index is 0.129. The van der Waals surface area contributed by atoms with E-state index in [4.69, 9.17) is 0 Å². The van der Waals surface area contributed by atoms with Crippen molar-refractivity contribution in [1.82, 2.24) is 15.0 Å². The van der Waals surface area contributed by atoms with Crippen molar-refractivity contribution in [2.75, 3.05) is 0 Å². The van der Waals surface area contributed by atoms with Gasteiger partial charge in [-0.1, -0.05) is 26.8 Å². The SMILES string of the molecule is CC(C)(C)c1cc(=O)[nH]c(-c2ccc3ncccc3c2)n1. The molecule has 4 heteroatoms. The van der Waals surface area contributed by atoms with Crippen molar-refractivity contribution in [2.45, 2.75) is 26.2 Å². The van der Waals surface area contributed by atoms with E-state index in [1.165, 1.54) is 0 Å². The molecule has 2 aromatic heterocycles. The maximum absolute atomic E-state index is 11.9. The number of rotatable bonds is 1. The van der Waals surface area contributed by atoms with Crippen LogP contribution in [0.25, 0.3) is 22.3 Å². The van der Waals surface area contributed by atoms with Crippen LogP contribution in [0.4, 0.5) is 0 Å². The summed E-state index contributed by atoms with van der Waals surface area (Å²) in [7, 11) is 0. The van der Waals surface area contributed by atoms with Crippen molar-refractivity contribution < 1.29 is 0 Å². The van der Waals surface area contributed by atoms with Crippen molar-refractivity contribution in [3.63, 3.8) is 0 Å². The number of nitrogens with zero attached hydrogens (tertiary/aromatic N) is 2. The quantitative estimate of drug-likeness (QED) is 0.743. The van der Waals surface area contributed by atoms with Gasteiger partial charge < -0.3 is 4.98 Å². The molecular weight excluding hydrogens is 262 g/mol. The third-order valence-corrected chi connectivity index (χ3v) is 3.39. The van der Waals surface area contributed by atoms with Crippen molar-refractivity contribution in [3.05, 3.63) is 58.6 Å². The minimum atomic E-state index is -0.165. The smallest absolute Gasteiger partial charge is 0.251 e. The number of benzene rings is 1. The molecule has 0 spiro atoms. The number of H-pyrrole nitrogens is 1. The second kappa shape index (κ2) is 4.81. The van der Waals surface area contributed by atoms with E-state index in [0.29, 0.717) is 5.82 Å². The number of hydrogen-bond acceptors (Lipinski definition) is 3. The molecule has 2 heterocycles. The van der Waals surface area contributed by atoms with Crippen LogP contribution >= 0.6 is 0 Å². The number of aromatic amines is 1. The summed E-state index contributed by atoms with van der Waals surface area (Å²) in [6.45, 7) is 6.13. The van der Waals surface area contributed by atoms with E-state index in [2.05, 4.69) is 15.0 Å². The normalized spacial score (nSPS) is 11.8. The Labute approximate surface area is 122 Å². The first kappa shape index (κ1) is 13.5. The highest BCUT2D eigenvalue weighted by molar-refractivity contribution is 5.83. The van der Waals surface area contributed by atoms with Gasteiger partial charge >= 0.3 is 0 Å². The molecule has 0 fully saturated rings.